The molecule has 0 radical (unpaired) electrons. The summed E-state index contributed by atoms with van der Waals surface area (Å²) >= 11 is 35.7. The molecule has 0 unspecified atom stereocenters. The molecule has 1 N–H and O–H groups in total. The number of hydrogen-bond acceptors (Lipinski definition) is 3. The number of nitrogens with zero attached hydrogens (tertiary/aromatic N) is 2. The van der Waals surface area contributed by atoms with Gasteiger partial charge in [-0.2, -0.15) is 0 Å². The molecule has 24 heavy (non-hydrogen) atoms. The summed E-state index contributed by atoms with van der Waals surface area (Å²) in [7, 11) is 0. The van der Waals surface area contributed by atoms with E-state index in [-0.39, 0.29) is 11.7 Å². The number of fused-ring (bicyclic) bond motifs is 1. The molecule has 1 aromatic carbocycles. The normalized spacial score (nSPS) is 17.9. The number of halogens is 6. The first-order chi connectivity index (χ1) is 11.2. The van der Waals surface area contributed by atoms with Crippen molar-refractivity contribution in [2.45, 2.75) is 14.0 Å². The third-order valence-electron chi connectivity index (χ3n) is 3.38. The lowest BCUT2D eigenvalue weighted by molar-refractivity contribution is 1.07. The van der Waals surface area contributed by atoms with Gasteiger partial charge in [-0.15, -0.1) is 0 Å². The van der Waals surface area contributed by atoms with Crippen LogP contribution in [-0.2, 0) is 0 Å². The summed E-state index contributed by atoms with van der Waals surface area (Å²) < 4.78 is -3.63. The summed E-state index contributed by atoms with van der Waals surface area (Å²) in [5, 5.41) is 2.68. The number of nitrogens with one attached hydrogen (secondary N) is 1. The molecule has 0 aromatic heterocycles. The molecule has 9 heteroatoms. The monoisotopic (exact) mass is 441 g/mol. The molecule has 126 valence electrons. The van der Waals surface area contributed by atoms with Gasteiger partial charge >= 0.3 is 0 Å². The molecule has 1 aromatic rings. The first-order valence-corrected chi connectivity index (χ1v) is 9.01. The van der Waals surface area contributed by atoms with Gasteiger partial charge in [0.1, 0.15) is 0 Å². The number of amidine groups is 2. The van der Waals surface area contributed by atoms with E-state index in [0.29, 0.717) is 12.2 Å². The minimum atomic E-state index is -1.81. The molecule has 0 atom stereocenters. The van der Waals surface area contributed by atoms with E-state index in [9.17, 15) is 0 Å². The van der Waals surface area contributed by atoms with Crippen molar-refractivity contribution in [3.05, 3.63) is 47.3 Å². The van der Waals surface area contributed by atoms with Crippen LogP contribution in [-0.4, -0.2) is 19.3 Å². The Bertz CT molecular complexity index is 764. The molecule has 3 rings (SSSR count). The minimum Gasteiger partial charge on any atom is -0.325 e. The zero-order chi connectivity index (χ0) is 17.5. The first-order valence-electron chi connectivity index (χ1n) is 6.74. The molecule has 2 aliphatic rings. The van der Waals surface area contributed by atoms with Crippen LogP contribution < -0.4 is 5.32 Å². The second-order valence-electron chi connectivity index (χ2n) is 5.04. The highest BCUT2D eigenvalue weighted by molar-refractivity contribution is 6.79. The number of hydrogen-bond donors (Lipinski definition) is 1. The molecular formula is C15H9Cl6N3. The van der Waals surface area contributed by atoms with E-state index < -0.39 is 7.59 Å². The van der Waals surface area contributed by atoms with Gasteiger partial charge in [-0.25, -0.2) is 9.98 Å². The molecular weight excluding hydrogens is 435 g/mol. The molecule has 1 aliphatic carbocycles. The average Bonchev–Trinajstić information content (AvgIpc) is 2.52. The quantitative estimate of drug-likeness (QED) is 0.497. The summed E-state index contributed by atoms with van der Waals surface area (Å²) in [5.74, 6) is 0.393. The third kappa shape index (κ3) is 3.87. The Kier molecular flexibility index (Phi) is 5.14. The van der Waals surface area contributed by atoms with Gasteiger partial charge in [0, 0.05) is 5.57 Å². The van der Waals surface area contributed by atoms with Crippen molar-refractivity contribution in [2.75, 3.05) is 0 Å². The Labute approximate surface area is 168 Å². The molecule has 3 nitrogen and oxygen atoms in total. The number of alkyl halides is 6. The number of benzene rings is 1. The lowest BCUT2D eigenvalue weighted by Crippen LogP contribution is -2.46. The maximum absolute atomic E-state index is 5.95. The molecule has 1 aliphatic heterocycles. The number of rotatable bonds is 0. The van der Waals surface area contributed by atoms with Gasteiger partial charge in [-0.05, 0) is 17.5 Å². The van der Waals surface area contributed by atoms with Gasteiger partial charge in [0.15, 0.2) is 17.5 Å². The number of aliphatic imine (C=N–C) groups is 2. The van der Waals surface area contributed by atoms with Crippen LogP contribution in [0.2, 0.25) is 0 Å². The van der Waals surface area contributed by atoms with Gasteiger partial charge in [0.25, 0.3) is 0 Å². The van der Waals surface area contributed by atoms with E-state index in [1.165, 1.54) is 0 Å². The van der Waals surface area contributed by atoms with Crippen molar-refractivity contribution in [2.24, 2.45) is 9.98 Å². The Morgan fingerprint density at radius 1 is 0.875 bits per heavy atom. The lowest BCUT2D eigenvalue weighted by atomic mass is 9.92. The summed E-state index contributed by atoms with van der Waals surface area (Å²) in [5.41, 5.74) is 2.88. The van der Waals surface area contributed by atoms with Gasteiger partial charge in [0.2, 0.25) is 7.59 Å². The van der Waals surface area contributed by atoms with Crippen molar-refractivity contribution in [3.8, 4) is 0 Å². The highest BCUT2D eigenvalue weighted by atomic mass is 35.6. The fourth-order valence-corrected chi connectivity index (χ4v) is 2.89. The Morgan fingerprint density at radius 3 is 2.04 bits per heavy atom. The predicted octanol–water partition coefficient (Wildman–Crippen LogP) is 5.91. The average molecular weight is 444 g/mol. The molecule has 0 fully saturated rings. The lowest BCUT2D eigenvalue weighted by Gasteiger charge is -2.26. The van der Waals surface area contributed by atoms with Crippen LogP contribution in [0.5, 0.6) is 0 Å². The third-order valence-corrected chi connectivity index (χ3v) is 4.46. The largest absolute Gasteiger partial charge is 0.325 e. The first kappa shape index (κ1) is 18.4. The zero-order valence-corrected chi connectivity index (χ0v) is 16.4. The predicted molar refractivity (Wildman–Crippen MR) is 106 cm³/mol. The molecule has 1 heterocycles. The highest BCUT2D eigenvalue weighted by Crippen LogP contribution is 2.37. The van der Waals surface area contributed by atoms with Crippen molar-refractivity contribution in [3.63, 3.8) is 0 Å². The second-order valence-corrected chi connectivity index (χ2v) is 9.60. The van der Waals surface area contributed by atoms with E-state index in [4.69, 9.17) is 69.6 Å². The van der Waals surface area contributed by atoms with Gasteiger partial charge in [0.05, 0.1) is 0 Å². The molecule has 0 saturated carbocycles. The van der Waals surface area contributed by atoms with E-state index in [2.05, 4.69) is 15.3 Å². The summed E-state index contributed by atoms with van der Waals surface area (Å²) in [6.45, 7) is 0. The number of allylic oxidation sites excluding steroid dienone is 2. The summed E-state index contributed by atoms with van der Waals surface area (Å²) in [6, 6.07) is 7.84. The SMILES string of the molecule is ClC(Cl)(Cl)C1=NC(=C2CC=Cc3ccccc32)N=C(C(Cl)(Cl)Cl)N1. The van der Waals surface area contributed by atoms with Crippen molar-refractivity contribution in [1.82, 2.24) is 5.32 Å². The van der Waals surface area contributed by atoms with Crippen molar-refractivity contribution in [1.29, 1.82) is 0 Å². The Balaban J connectivity index is 2.20. The van der Waals surface area contributed by atoms with Crippen LogP contribution in [0.3, 0.4) is 0 Å². The van der Waals surface area contributed by atoms with Crippen LogP contribution in [0.1, 0.15) is 17.5 Å². The summed E-state index contributed by atoms with van der Waals surface area (Å²) in [4.78, 5) is 8.66. The van der Waals surface area contributed by atoms with E-state index in [1.807, 2.05) is 36.4 Å². The Hall–Kier alpha value is -0.420. The molecule has 0 amide bonds. The van der Waals surface area contributed by atoms with Crippen LogP contribution in [0.15, 0.2) is 46.1 Å². The zero-order valence-electron chi connectivity index (χ0n) is 11.8. The van der Waals surface area contributed by atoms with Gasteiger partial charge in [-0.1, -0.05) is 106 Å². The van der Waals surface area contributed by atoms with Crippen molar-refractivity contribution < 1.29 is 0 Å². The maximum Gasteiger partial charge on any atom is 0.248 e. The molecule has 0 bridgehead atoms. The van der Waals surface area contributed by atoms with Crippen LogP contribution in [0.25, 0.3) is 11.6 Å². The summed E-state index contributed by atoms with van der Waals surface area (Å²) in [6.07, 6.45) is 4.64. The van der Waals surface area contributed by atoms with Crippen LogP contribution in [0, 0.1) is 0 Å². The highest BCUT2D eigenvalue weighted by Gasteiger charge is 2.38. The van der Waals surface area contributed by atoms with E-state index in [0.717, 1.165) is 16.7 Å². The van der Waals surface area contributed by atoms with E-state index in [1.54, 1.807) is 0 Å². The van der Waals surface area contributed by atoms with Crippen LogP contribution in [0.4, 0.5) is 0 Å². The van der Waals surface area contributed by atoms with Crippen molar-refractivity contribution >= 4 is 92.9 Å². The maximum atomic E-state index is 5.95. The topological polar surface area (TPSA) is 36.8 Å². The van der Waals surface area contributed by atoms with Gasteiger partial charge in [-0.3, -0.25) is 0 Å². The van der Waals surface area contributed by atoms with Gasteiger partial charge < -0.3 is 5.32 Å². The smallest absolute Gasteiger partial charge is 0.248 e. The van der Waals surface area contributed by atoms with Crippen LogP contribution >= 0.6 is 69.6 Å². The second kappa shape index (κ2) is 6.71. The molecule has 0 spiro atoms. The minimum absolute atomic E-state index is 0.0263. The Morgan fingerprint density at radius 2 is 1.46 bits per heavy atom. The standard InChI is InChI=1S/C15H9Cl6N3/c16-14(17,18)12-22-11(23-13(24-12)15(19,20)21)10-7-3-5-8-4-1-2-6-9(8)10/h1-6H,7H2,(H,22,23,24). The molecule has 0 saturated heterocycles. The van der Waals surface area contributed by atoms with E-state index >= 15 is 0 Å². The fraction of sp³-hybridized carbons (Fsp3) is 0.200. The fourth-order valence-electron chi connectivity index (χ4n) is 2.35.